The zero-order chi connectivity index (χ0) is 23.8. The molecule has 2 saturated carbocycles. The minimum absolute atomic E-state index is 0.0417. The summed E-state index contributed by atoms with van der Waals surface area (Å²) >= 11 is 3.66. The first-order valence-corrected chi connectivity index (χ1v) is 12.5. The van der Waals surface area contributed by atoms with E-state index < -0.39 is 0 Å². The Labute approximate surface area is 204 Å². The van der Waals surface area contributed by atoms with Crippen molar-refractivity contribution in [2.45, 2.75) is 64.9 Å². The summed E-state index contributed by atoms with van der Waals surface area (Å²) in [6.07, 6.45) is 5.69. The van der Waals surface area contributed by atoms with Gasteiger partial charge < -0.3 is 20.2 Å². The van der Waals surface area contributed by atoms with Gasteiger partial charge >= 0.3 is 0 Å². The number of aldehydes is 1. The molecule has 0 radical (unpaired) electrons. The van der Waals surface area contributed by atoms with Gasteiger partial charge in [0, 0.05) is 23.1 Å². The van der Waals surface area contributed by atoms with E-state index in [1.807, 2.05) is 19.2 Å². The molecule has 0 spiro atoms. The summed E-state index contributed by atoms with van der Waals surface area (Å²) < 4.78 is 7.21. The van der Waals surface area contributed by atoms with E-state index in [1.165, 1.54) is 24.0 Å². The van der Waals surface area contributed by atoms with E-state index in [9.17, 15) is 4.79 Å². The molecule has 33 heavy (non-hydrogen) atoms. The lowest BCUT2D eigenvalue weighted by Gasteiger charge is -2.39. The van der Waals surface area contributed by atoms with Crippen molar-refractivity contribution in [2.75, 3.05) is 17.7 Å². The van der Waals surface area contributed by atoms with Crippen LogP contribution >= 0.6 is 15.9 Å². The maximum absolute atomic E-state index is 11.4. The van der Waals surface area contributed by atoms with Crippen molar-refractivity contribution >= 4 is 45.3 Å². The third kappa shape index (κ3) is 5.24. The first kappa shape index (κ1) is 23.7. The molecule has 1 aromatic heterocycles. The summed E-state index contributed by atoms with van der Waals surface area (Å²) in [4.78, 5) is 16.1. The Morgan fingerprint density at radius 3 is 2.61 bits per heavy atom. The van der Waals surface area contributed by atoms with E-state index in [0.717, 1.165) is 41.4 Å². The lowest BCUT2D eigenvalue weighted by atomic mass is 9.68. The van der Waals surface area contributed by atoms with Crippen LogP contribution in [-0.4, -0.2) is 30.3 Å². The fraction of sp³-hybridized carbons (Fsp3) is 0.500. The first-order chi connectivity index (χ1) is 15.7. The highest BCUT2D eigenvalue weighted by Crippen LogP contribution is 2.45. The first-order valence-electron chi connectivity index (χ1n) is 11.7. The van der Waals surface area contributed by atoms with Gasteiger partial charge in [-0.1, -0.05) is 29.8 Å². The third-order valence-electron chi connectivity index (χ3n) is 7.00. The van der Waals surface area contributed by atoms with Gasteiger partial charge in [0.25, 0.3) is 0 Å². The van der Waals surface area contributed by atoms with Crippen molar-refractivity contribution in [3.8, 4) is 0 Å². The Morgan fingerprint density at radius 1 is 1.21 bits per heavy atom. The number of benzene rings is 1. The van der Waals surface area contributed by atoms with Crippen LogP contribution in [0.15, 0.2) is 28.7 Å². The quantitative estimate of drug-likeness (QED) is 0.222. The number of carbonyl (C=O) groups excluding carboxylic acids is 1. The van der Waals surface area contributed by atoms with Gasteiger partial charge in [-0.05, 0) is 85.8 Å². The molecule has 1 aromatic carbocycles. The second-order valence-corrected chi connectivity index (χ2v) is 10.9. The molecular weight excluding hydrogens is 480 g/mol. The van der Waals surface area contributed by atoms with Crippen LogP contribution < -0.4 is 10.6 Å². The molecule has 0 bridgehead atoms. The van der Waals surface area contributed by atoms with Gasteiger partial charge in [-0.15, -0.1) is 0 Å². The molecule has 7 heteroatoms. The van der Waals surface area contributed by atoms with Crippen LogP contribution in [0.3, 0.4) is 0 Å². The zero-order valence-electron chi connectivity index (χ0n) is 19.8. The van der Waals surface area contributed by atoms with Gasteiger partial charge in [0.05, 0.1) is 5.69 Å². The summed E-state index contributed by atoms with van der Waals surface area (Å²) in [5.41, 5.74) is 4.63. The zero-order valence-corrected chi connectivity index (χ0v) is 21.4. The van der Waals surface area contributed by atoms with E-state index in [-0.39, 0.29) is 23.3 Å². The summed E-state index contributed by atoms with van der Waals surface area (Å²) in [5, 5.41) is 15.3. The predicted molar refractivity (Wildman–Crippen MR) is 137 cm³/mol. The van der Waals surface area contributed by atoms with Crippen molar-refractivity contribution in [2.24, 2.45) is 11.3 Å². The predicted octanol–water partition coefficient (Wildman–Crippen LogP) is 6.55. The van der Waals surface area contributed by atoms with Crippen molar-refractivity contribution in [1.29, 1.82) is 5.41 Å². The minimum Gasteiger partial charge on any atom is -0.473 e. The highest BCUT2D eigenvalue weighted by molar-refractivity contribution is 9.10. The van der Waals surface area contributed by atoms with Crippen LogP contribution in [0.2, 0.25) is 0 Å². The lowest BCUT2D eigenvalue weighted by Crippen LogP contribution is -2.37. The summed E-state index contributed by atoms with van der Waals surface area (Å²) in [6.45, 7) is 6.29. The second-order valence-electron chi connectivity index (χ2n) is 10.0. The number of carbonyl (C=O) groups is 1. The van der Waals surface area contributed by atoms with Gasteiger partial charge in [-0.25, -0.2) is 4.98 Å². The van der Waals surface area contributed by atoms with Crippen molar-refractivity contribution in [1.82, 2.24) is 4.98 Å². The van der Waals surface area contributed by atoms with Crippen LogP contribution in [0.4, 0.5) is 17.2 Å². The highest BCUT2D eigenvalue weighted by Gasteiger charge is 2.38. The molecule has 2 atom stereocenters. The van der Waals surface area contributed by atoms with Gasteiger partial charge in [0.1, 0.15) is 23.9 Å². The molecule has 0 aliphatic heterocycles. The number of aryl methyl sites for hydroxylation is 1. The number of hydrogen-bond acceptors (Lipinski definition) is 6. The average molecular weight is 513 g/mol. The number of nitrogens with one attached hydrogen (secondary N) is 3. The fourth-order valence-corrected chi connectivity index (χ4v) is 5.11. The number of ether oxygens (including phenoxy) is 1. The van der Waals surface area contributed by atoms with Gasteiger partial charge in [-0.2, -0.15) is 0 Å². The molecule has 2 fully saturated rings. The number of hydrogen-bond donors (Lipinski definition) is 3. The van der Waals surface area contributed by atoms with Gasteiger partial charge in [0.2, 0.25) is 5.90 Å². The third-order valence-corrected chi connectivity index (χ3v) is 7.85. The maximum atomic E-state index is 11.4. The number of pyridine rings is 1. The molecule has 4 rings (SSSR count). The standard InChI is InChI=1S/C26H33BrN4O2/c1-15-11-22(19(12-20(15)27)16-5-6-16)30-23-10-9-21(29-4)24(31-23)25(28)33-18-8-7-17(14-32)26(2,3)13-18/h9-12,14,16-18,28-29H,5-8,13H2,1-4H3,(H,30,31). The van der Waals surface area contributed by atoms with Crippen LogP contribution in [0, 0.1) is 23.7 Å². The van der Waals surface area contributed by atoms with Gasteiger partial charge in [0.15, 0.2) is 0 Å². The topological polar surface area (TPSA) is 87.1 Å². The molecule has 2 aliphatic rings. The Bertz CT molecular complexity index is 1060. The number of nitrogens with zero attached hydrogens (tertiary/aromatic N) is 1. The number of aromatic nitrogens is 1. The Balaban J connectivity index is 1.55. The Morgan fingerprint density at radius 2 is 1.97 bits per heavy atom. The van der Waals surface area contributed by atoms with Crippen LogP contribution in [0.1, 0.15) is 68.7 Å². The van der Waals surface area contributed by atoms with Crippen LogP contribution in [0.5, 0.6) is 0 Å². The maximum Gasteiger partial charge on any atom is 0.234 e. The highest BCUT2D eigenvalue weighted by atomic mass is 79.9. The van der Waals surface area contributed by atoms with E-state index in [2.05, 4.69) is 59.5 Å². The SMILES string of the molecule is CNc1ccc(Nc2cc(C)c(Br)cc2C2CC2)nc1C(=N)OC1CCC(C=O)C(C)(C)C1. The lowest BCUT2D eigenvalue weighted by molar-refractivity contribution is -0.117. The van der Waals surface area contributed by atoms with E-state index >= 15 is 0 Å². The van der Waals surface area contributed by atoms with Crippen LogP contribution in [-0.2, 0) is 9.53 Å². The smallest absolute Gasteiger partial charge is 0.234 e. The Kier molecular flexibility index (Phi) is 6.80. The normalized spacial score (nSPS) is 21.8. The van der Waals surface area contributed by atoms with E-state index in [0.29, 0.717) is 17.4 Å². The van der Waals surface area contributed by atoms with Crippen LogP contribution in [0.25, 0.3) is 0 Å². The number of halogens is 1. The summed E-state index contributed by atoms with van der Waals surface area (Å²) in [7, 11) is 1.82. The Hall–Kier alpha value is -2.41. The summed E-state index contributed by atoms with van der Waals surface area (Å²) in [6, 6.07) is 8.22. The van der Waals surface area contributed by atoms with Crippen molar-refractivity contribution < 1.29 is 9.53 Å². The molecule has 6 nitrogen and oxygen atoms in total. The number of anilines is 3. The molecule has 3 N–H and O–H groups in total. The van der Waals surface area contributed by atoms with E-state index in [4.69, 9.17) is 15.1 Å². The largest absolute Gasteiger partial charge is 0.473 e. The van der Waals surface area contributed by atoms with Gasteiger partial charge in [-0.3, -0.25) is 5.41 Å². The molecule has 0 amide bonds. The number of rotatable bonds is 7. The minimum atomic E-state index is -0.133. The average Bonchev–Trinajstić information content (AvgIpc) is 3.61. The van der Waals surface area contributed by atoms with Crippen molar-refractivity contribution in [3.63, 3.8) is 0 Å². The van der Waals surface area contributed by atoms with E-state index in [1.54, 1.807) is 0 Å². The molecule has 2 aliphatic carbocycles. The molecule has 0 saturated heterocycles. The molecular formula is C26H33BrN4O2. The second kappa shape index (κ2) is 9.45. The molecule has 2 aromatic rings. The molecule has 176 valence electrons. The van der Waals surface area contributed by atoms with Crippen molar-refractivity contribution in [3.05, 3.63) is 45.6 Å². The monoisotopic (exact) mass is 512 g/mol. The molecule has 2 unspecified atom stereocenters. The molecule has 1 heterocycles. The summed E-state index contributed by atoms with van der Waals surface area (Å²) in [5.74, 6) is 1.38. The fourth-order valence-electron chi connectivity index (χ4n) is 4.75.